The summed E-state index contributed by atoms with van der Waals surface area (Å²) in [6, 6.07) is 0. The van der Waals surface area contributed by atoms with Gasteiger partial charge < -0.3 is 14.6 Å². The van der Waals surface area contributed by atoms with Gasteiger partial charge in [0.1, 0.15) is 6.10 Å². The minimum atomic E-state index is -0.579. The van der Waals surface area contributed by atoms with Gasteiger partial charge in [-0.15, -0.1) is 0 Å². The summed E-state index contributed by atoms with van der Waals surface area (Å²) >= 11 is 0. The van der Waals surface area contributed by atoms with Crippen LogP contribution in [-0.2, 0) is 9.47 Å². The van der Waals surface area contributed by atoms with Crippen LogP contribution in [0, 0.1) is 23.7 Å². The lowest BCUT2D eigenvalue weighted by Crippen LogP contribution is -2.21. The van der Waals surface area contributed by atoms with Gasteiger partial charge in [-0.05, 0) is 38.5 Å². The average Bonchev–Trinajstić information content (AvgIpc) is 2.80. The largest absolute Gasteiger partial charge is 0.380 e. The molecular weight excluding hydrogens is 288 g/mol. The van der Waals surface area contributed by atoms with Gasteiger partial charge in [0.05, 0.1) is 12.2 Å². The van der Waals surface area contributed by atoms with E-state index >= 15 is 0 Å². The van der Waals surface area contributed by atoms with E-state index < -0.39 is 11.9 Å². The zero-order chi connectivity index (χ0) is 17.1. The minimum Gasteiger partial charge on any atom is -0.380 e. The predicted octanol–water partition coefficient (Wildman–Crippen LogP) is 4.03. The SMILES string of the molecule is CCCCCCC[C@H]1OC(C)(C)O[C@@H]1CC#CC#C[C@@H](O)CC. The number of hydrogen-bond acceptors (Lipinski definition) is 3. The molecule has 1 N–H and O–H groups in total. The molecule has 0 aromatic carbocycles. The summed E-state index contributed by atoms with van der Waals surface area (Å²) in [5.74, 6) is 10.7. The molecule has 0 radical (unpaired) electrons. The molecule has 0 unspecified atom stereocenters. The van der Waals surface area contributed by atoms with Crippen molar-refractivity contribution in [1.29, 1.82) is 0 Å². The molecule has 0 amide bonds. The molecule has 1 aliphatic rings. The highest BCUT2D eigenvalue weighted by molar-refractivity contribution is 5.27. The van der Waals surface area contributed by atoms with Gasteiger partial charge in [-0.2, -0.15) is 0 Å². The molecule has 0 aromatic heterocycles. The van der Waals surface area contributed by atoms with E-state index in [0.29, 0.717) is 12.8 Å². The first kappa shape index (κ1) is 20.0. The Bertz CT molecular complexity index is 447. The molecule has 0 aromatic rings. The van der Waals surface area contributed by atoms with Gasteiger partial charge in [0, 0.05) is 6.42 Å². The average molecular weight is 320 g/mol. The van der Waals surface area contributed by atoms with Gasteiger partial charge >= 0.3 is 0 Å². The van der Waals surface area contributed by atoms with Crippen molar-refractivity contribution in [3.63, 3.8) is 0 Å². The van der Waals surface area contributed by atoms with Crippen molar-refractivity contribution in [1.82, 2.24) is 0 Å². The van der Waals surface area contributed by atoms with Crippen LogP contribution in [0.4, 0.5) is 0 Å². The fourth-order valence-electron chi connectivity index (χ4n) is 2.69. The zero-order valence-electron chi connectivity index (χ0n) is 15.2. The van der Waals surface area contributed by atoms with E-state index in [1.54, 1.807) is 0 Å². The normalized spacial score (nSPS) is 23.5. The molecule has 1 fully saturated rings. The van der Waals surface area contributed by atoms with Gasteiger partial charge in [-0.3, -0.25) is 0 Å². The molecule has 0 saturated carbocycles. The molecule has 1 aliphatic heterocycles. The number of unbranched alkanes of at least 4 members (excludes halogenated alkanes) is 4. The second kappa shape index (κ2) is 10.7. The van der Waals surface area contributed by atoms with Crippen LogP contribution in [0.1, 0.15) is 79.1 Å². The van der Waals surface area contributed by atoms with Gasteiger partial charge in [0.15, 0.2) is 5.79 Å². The first-order valence-corrected chi connectivity index (χ1v) is 9.00. The second-order valence-electron chi connectivity index (χ2n) is 6.61. The van der Waals surface area contributed by atoms with E-state index in [-0.39, 0.29) is 12.2 Å². The Labute approximate surface area is 142 Å². The summed E-state index contributed by atoms with van der Waals surface area (Å²) in [4.78, 5) is 0. The topological polar surface area (TPSA) is 38.7 Å². The Morgan fingerprint density at radius 2 is 1.70 bits per heavy atom. The van der Waals surface area contributed by atoms with Gasteiger partial charge in [-0.25, -0.2) is 0 Å². The Morgan fingerprint density at radius 3 is 2.39 bits per heavy atom. The molecule has 0 spiro atoms. The van der Waals surface area contributed by atoms with Crippen LogP contribution >= 0.6 is 0 Å². The van der Waals surface area contributed by atoms with Crippen molar-refractivity contribution < 1.29 is 14.6 Å². The lowest BCUT2D eigenvalue weighted by molar-refractivity contribution is -0.146. The third-order valence-electron chi connectivity index (χ3n) is 3.96. The number of hydrogen-bond donors (Lipinski definition) is 1. The highest BCUT2D eigenvalue weighted by Crippen LogP contribution is 2.32. The maximum Gasteiger partial charge on any atom is 0.163 e. The van der Waals surface area contributed by atoms with Crippen LogP contribution in [0.15, 0.2) is 0 Å². The molecule has 3 atom stereocenters. The Balaban J connectivity index is 2.43. The summed E-state index contributed by atoms with van der Waals surface area (Å²) in [6.07, 6.45) is 8.15. The van der Waals surface area contributed by atoms with Gasteiger partial charge in [0.2, 0.25) is 0 Å². The van der Waals surface area contributed by atoms with E-state index in [0.717, 1.165) is 6.42 Å². The highest BCUT2D eigenvalue weighted by atomic mass is 16.7. The van der Waals surface area contributed by atoms with E-state index in [9.17, 15) is 5.11 Å². The van der Waals surface area contributed by atoms with Crippen LogP contribution in [0.3, 0.4) is 0 Å². The molecule has 3 heteroatoms. The molecule has 3 nitrogen and oxygen atoms in total. The first-order valence-electron chi connectivity index (χ1n) is 9.00. The van der Waals surface area contributed by atoms with E-state index in [1.165, 1.54) is 32.1 Å². The number of aliphatic hydroxyl groups excluding tert-OH is 1. The first-order chi connectivity index (χ1) is 11.0. The third kappa shape index (κ3) is 8.42. The minimum absolute atomic E-state index is 0.0153. The Kier molecular flexibility index (Phi) is 9.34. The summed E-state index contributed by atoms with van der Waals surface area (Å²) in [6.45, 7) is 8.04. The summed E-state index contributed by atoms with van der Waals surface area (Å²) < 4.78 is 12.0. The van der Waals surface area contributed by atoms with Crippen LogP contribution < -0.4 is 0 Å². The van der Waals surface area contributed by atoms with Crippen LogP contribution in [0.2, 0.25) is 0 Å². The maximum atomic E-state index is 9.35. The lowest BCUT2D eigenvalue weighted by Gasteiger charge is -2.16. The molecule has 130 valence electrons. The quantitative estimate of drug-likeness (QED) is 0.542. The molecule has 1 heterocycles. The number of ether oxygens (including phenoxy) is 2. The van der Waals surface area contributed by atoms with Crippen molar-refractivity contribution in [3.8, 4) is 23.7 Å². The number of aliphatic hydroxyl groups is 1. The highest BCUT2D eigenvalue weighted by Gasteiger charge is 2.40. The molecule has 0 bridgehead atoms. The van der Waals surface area contributed by atoms with Crippen molar-refractivity contribution >= 4 is 0 Å². The van der Waals surface area contributed by atoms with Crippen molar-refractivity contribution in [2.75, 3.05) is 0 Å². The van der Waals surface area contributed by atoms with Crippen LogP contribution in [0.5, 0.6) is 0 Å². The van der Waals surface area contributed by atoms with Crippen LogP contribution in [0.25, 0.3) is 0 Å². The third-order valence-corrected chi connectivity index (χ3v) is 3.96. The lowest BCUT2D eigenvalue weighted by atomic mass is 10.0. The number of rotatable bonds is 8. The summed E-state index contributed by atoms with van der Waals surface area (Å²) in [7, 11) is 0. The molecule has 23 heavy (non-hydrogen) atoms. The zero-order valence-corrected chi connectivity index (χ0v) is 15.2. The summed E-state index contributed by atoms with van der Waals surface area (Å²) in [5, 5.41) is 9.35. The molecule has 1 rings (SSSR count). The monoisotopic (exact) mass is 320 g/mol. The van der Waals surface area contributed by atoms with E-state index in [4.69, 9.17) is 9.47 Å². The maximum absolute atomic E-state index is 9.35. The summed E-state index contributed by atoms with van der Waals surface area (Å²) in [5.41, 5.74) is 0. The fourth-order valence-corrected chi connectivity index (χ4v) is 2.69. The molecule has 1 saturated heterocycles. The van der Waals surface area contributed by atoms with E-state index in [1.807, 2.05) is 20.8 Å². The Morgan fingerprint density at radius 1 is 1.00 bits per heavy atom. The van der Waals surface area contributed by atoms with Gasteiger partial charge in [0.25, 0.3) is 0 Å². The standard InChI is InChI=1S/C20H32O3/c1-5-7-8-9-12-15-18-19(23-20(3,4)22-18)16-13-10-11-14-17(21)6-2/h17-19,21H,5-9,12,15-16H2,1-4H3/t17-,18+,19+/m0/s1. The van der Waals surface area contributed by atoms with Crippen molar-refractivity contribution in [3.05, 3.63) is 0 Å². The van der Waals surface area contributed by atoms with Gasteiger partial charge in [-0.1, -0.05) is 57.8 Å². The van der Waals surface area contributed by atoms with Crippen molar-refractivity contribution in [2.45, 2.75) is 103 Å². The fraction of sp³-hybridized carbons (Fsp3) is 0.800. The Hall–Kier alpha value is -1.00. The van der Waals surface area contributed by atoms with E-state index in [2.05, 4.69) is 30.6 Å². The van der Waals surface area contributed by atoms with Crippen molar-refractivity contribution in [2.24, 2.45) is 0 Å². The molecule has 0 aliphatic carbocycles. The molecular formula is C20H32O3. The second-order valence-corrected chi connectivity index (χ2v) is 6.61. The predicted molar refractivity (Wildman–Crippen MR) is 93.7 cm³/mol. The smallest absolute Gasteiger partial charge is 0.163 e. The van der Waals surface area contributed by atoms with Crippen LogP contribution in [-0.4, -0.2) is 29.2 Å².